The van der Waals surface area contributed by atoms with E-state index < -0.39 is 0 Å². The molecule has 0 bridgehead atoms. The zero-order valence-corrected chi connectivity index (χ0v) is 12.7. The van der Waals surface area contributed by atoms with E-state index >= 15 is 0 Å². The Bertz CT molecular complexity index is 433. The second kappa shape index (κ2) is 6.55. The maximum absolute atomic E-state index is 11.8. The van der Waals surface area contributed by atoms with E-state index in [2.05, 4.69) is 43.0 Å². The summed E-state index contributed by atoms with van der Waals surface area (Å²) in [5, 5.41) is 0. The molecule has 0 atom stereocenters. The molecule has 0 N–H and O–H groups in total. The first kappa shape index (κ1) is 15.5. The van der Waals surface area contributed by atoms with Crippen molar-refractivity contribution in [1.29, 1.82) is 0 Å². The van der Waals surface area contributed by atoms with Gasteiger partial charge in [-0.15, -0.1) is 0 Å². The standard InChI is InChI=1S/C17H25NO/c1-6-18(7-2)15-11-8-14(9-12-15)10-13-16(19)17(3,4)5/h8-13H,6-7H2,1-5H3. The van der Waals surface area contributed by atoms with Gasteiger partial charge in [0, 0.05) is 24.2 Å². The highest BCUT2D eigenvalue weighted by Gasteiger charge is 2.17. The molecule has 0 unspecified atom stereocenters. The molecule has 0 saturated heterocycles. The maximum Gasteiger partial charge on any atom is 0.161 e. The Morgan fingerprint density at radius 1 is 1.11 bits per heavy atom. The van der Waals surface area contributed by atoms with Crippen LogP contribution in [-0.4, -0.2) is 18.9 Å². The second-order valence-electron chi connectivity index (χ2n) is 5.71. The minimum absolute atomic E-state index is 0.153. The summed E-state index contributed by atoms with van der Waals surface area (Å²) >= 11 is 0. The molecule has 19 heavy (non-hydrogen) atoms. The van der Waals surface area contributed by atoms with E-state index in [1.54, 1.807) is 6.08 Å². The van der Waals surface area contributed by atoms with Crippen LogP contribution in [0.15, 0.2) is 30.3 Å². The second-order valence-corrected chi connectivity index (χ2v) is 5.71. The Morgan fingerprint density at radius 2 is 1.63 bits per heavy atom. The lowest BCUT2D eigenvalue weighted by Gasteiger charge is -2.20. The van der Waals surface area contributed by atoms with Crippen LogP contribution in [0.25, 0.3) is 6.08 Å². The SMILES string of the molecule is CCN(CC)c1ccc(C=CC(=O)C(C)(C)C)cc1. The van der Waals surface area contributed by atoms with E-state index in [0.29, 0.717) is 0 Å². The number of hydrogen-bond donors (Lipinski definition) is 0. The van der Waals surface area contributed by atoms with Gasteiger partial charge >= 0.3 is 0 Å². The van der Waals surface area contributed by atoms with Crippen molar-refractivity contribution >= 4 is 17.5 Å². The number of anilines is 1. The van der Waals surface area contributed by atoms with Gasteiger partial charge in [-0.1, -0.05) is 39.0 Å². The predicted molar refractivity (Wildman–Crippen MR) is 83.5 cm³/mol. The largest absolute Gasteiger partial charge is 0.372 e. The molecule has 0 aromatic heterocycles. The van der Waals surface area contributed by atoms with Crippen molar-refractivity contribution in [2.75, 3.05) is 18.0 Å². The molecule has 0 aliphatic heterocycles. The lowest BCUT2D eigenvalue weighted by atomic mass is 9.90. The lowest BCUT2D eigenvalue weighted by Crippen LogP contribution is -2.21. The van der Waals surface area contributed by atoms with Crippen molar-refractivity contribution in [3.63, 3.8) is 0 Å². The molecule has 0 amide bonds. The summed E-state index contributed by atoms with van der Waals surface area (Å²) in [5.74, 6) is 0.153. The van der Waals surface area contributed by atoms with Gasteiger partial charge in [-0.3, -0.25) is 4.79 Å². The molecular formula is C17H25NO. The van der Waals surface area contributed by atoms with Gasteiger partial charge in [-0.25, -0.2) is 0 Å². The third-order valence-electron chi connectivity index (χ3n) is 3.19. The topological polar surface area (TPSA) is 20.3 Å². The van der Waals surface area contributed by atoms with Gasteiger partial charge in [0.15, 0.2) is 5.78 Å². The smallest absolute Gasteiger partial charge is 0.161 e. The van der Waals surface area contributed by atoms with Gasteiger partial charge in [0.1, 0.15) is 0 Å². The molecule has 1 aromatic carbocycles. The highest BCUT2D eigenvalue weighted by Crippen LogP contribution is 2.18. The first-order valence-corrected chi connectivity index (χ1v) is 6.96. The van der Waals surface area contributed by atoms with Gasteiger partial charge < -0.3 is 4.90 Å². The zero-order valence-electron chi connectivity index (χ0n) is 12.7. The molecule has 0 heterocycles. The first-order chi connectivity index (χ1) is 8.88. The zero-order chi connectivity index (χ0) is 14.5. The summed E-state index contributed by atoms with van der Waals surface area (Å²) in [6.45, 7) is 12.1. The van der Waals surface area contributed by atoms with E-state index in [1.165, 1.54) is 5.69 Å². The number of rotatable bonds is 5. The summed E-state index contributed by atoms with van der Waals surface area (Å²) in [6, 6.07) is 8.32. The highest BCUT2D eigenvalue weighted by molar-refractivity contribution is 5.97. The van der Waals surface area contributed by atoms with Gasteiger partial charge in [-0.05, 0) is 37.6 Å². The van der Waals surface area contributed by atoms with Crippen LogP contribution in [0.5, 0.6) is 0 Å². The number of carbonyl (C=O) groups excluding carboxylic acids is 1. The van der Waals surface area contributed by atoms with Crippen molar-refractivity contribution in [3.8, 4) is 0 Å². The Balaban J connectivity index is 2.78. The summed E-state index contributed by atoms with van der Waals surface area (Å²) in [6.07, 6.45) is 3.56. The van der Waals surface area contributed by atoms with Gasteiger partial charge in [0.25, 0.3) is 0 Å². The minimum Gasteiger partial charge on any atom is -0.372 e. The Labute approximate surface area is 117 Å². The summed E-state index contributed by atoms with van der Waals surface area (Å²) < 4.78 is 0. The third kappa shape index (κ3) is 4.55. The monoisotopic (exact) mass is 259 g/mol. The van der Waals surface area contributed by atoms with Crippen LogP contribution < -0.4 is 4.90 Å². The van der Waals surface area contributed by atoms with Crippen LogP contribution in [0.4, 0.5) is 5.69 Å². The van der Waals surface area contributed by atoms with Crippen LogP contribution in [0.2, 0.25) is 0 Å². The molecule has 1 aromatic rings. The third-order valence-corrected chi connectivity index (χ3v) is 3.19. The molecule has 0 saturated carbocycles. The van der Waals surface area contributed by atoms with Crippen LogP contribution in [0.3, 0.4) is 0 Å². The normalized spacial score (nSPS) is 11.8. The van der Waals surface area contributed by atoms with Gasteiger partial charge in [-0.2, -0.15) is 0 Å². The summed E-state index contributed by atoms with van der Waals surface area (Å²) in [5.41, 5.74) is 1.98. The van der Waals surface area contributed by atoms with Crippen molar-refractivity contribution in [2.45, 2.75) is 34.6 Å². The molecule has 2 nitrogen and oxygen atoms in total. The fourth-order valence-corrected chi connectivity index (χ4v) is 1.81. The molecular weight excluding hydrogens is 234 g/mol. The summed E-state index contributed by atoms with van der Waals surface area (Å²) in [4.78, 5) is 14.1. The fraction of sp³-hybridized carbons (Fsp3) is 0.471. The van der Waals surface area contributed by atoms with Crippen molar-refractivity contribution < 1.29 is 4.79 Å². The van der Waals surface area contributed by atoms with E-state index in [4.69, 9.17) is 0 Å². The quantitative estimate of drug-likeness (QED) is 0.740. The molecule has 0 aliphatic rings. The molecule has 0 radical (unpaired) electrons. The van der Waals surface area contributed by atoms with Crippen molar-refractivity contribution in [3.05, 3.63) is 35.9 Å². The Kier molecular flexibility index (Phi) is 5.34. The van der Waals surface area contributed by atoms with E-state index in [0.717, 1.165) is 18.7 Å². The molecule has 104 valence electrons. The molecule has 1 rings (SSSR count). The summed E-state index contributed by atoms with van der Waals surface area (Å²) in [7, 11) is 0. The predicted octanol–water partition coefficient (Wildman–Crippen LogP) is 4.16. The highest BCUT2D eigenvalue weighted by atomic mass is 16.1. The van der Waals surface area contributed by atoms with E-state index in [-0.39, 0.29) is 11.2 Å². The molecule has 0 aliphatic carbocycles. The minimum atomic E-state index is -0.308. The lowest BCUT2D eigenvalue weighted by molar-refractivity contribution is -0.121. The number of allylic oxidation sites excluding steroid dienone is 1. The first-order valence-electron chi connectivity index (χ1n) is 6.96. The maximum atomic E-state index is 11.8. The van der Waals surface area contributed by atoms with Crippen molar-refractivity contribution in [1.82, 2.24) is 0 Å². The number of benzene rings is 1. The van der Waals surface area contributed by atoms with Gasteiger partial charge in [0.2, 0.25) is 0 Å². The Morgan fingerprint density at radius 3 is 2.05 bits per heavy atom. The Hall–Kier alpha value is -1.57. The van der Waals surface area contributed by atoms with E-state index in [1.807, 2.05) is 26.8 Å². The van der Waals surface area contributed by atoms with Crippen LogP contribution in [0, 0.1) is 5.41 Å². The van der Waals surface area contributed by atoms with E-state index in [9.17, 15) is 4.79 Å². The van der Waals surface area contributed by atoms with Crippen LogP contribution in [-0.2, 0) is 4.79 Å². The number of hydrogen-bond acceptors (Lipinski definition) is 2. The number of ketones is 1. The fourth-order valence-electron chi connectivity index (χ4n) is 1.81. The number of nitrogens with zero attached hydrogens (tertiary/aromatic N) is 1. The molecule has 0 spiro atoms. The van der Waals surface area contributed by atoms with Gasteiger partial charge in [0.05, 0.1) is 0 Å². The molecule has 2 heteroatoms. The average molecular weight is 259 g/mol. The molecule has 0 fully saturated rings. The van der Waals surface area contributed by atoms with Crippen LogP contribution >= 0.6 is 0 Å². The van der Waals surface area contributed by atoms with Crippen LogP contribution in [0.1, 0.15) is 40.2 Å². The number of carbonyl (C=O) groups is 1. The average Bonchev–Trinajstić information content (AvgIpc) is 2.37. The van der Waals surface area contributed by atoms with Crippen molar-refractivity contribution in [2.24, 2.45) is 5.41 Å².